The first kappa shape index (κ1) is 10.1. The summed E-state index contributed by atoms with van der Waals surface area (Å²) in [4.78, 5) is 17.1. The molecule has 2 aliphatic heterocycles. The summed E-state index contributed by atoms with van der Waals surface area (Å²) in [5.41, 5.74) is 2.16. The molecule has 0 bridgehead atoms. The van der Waals surface area contributed by atoms with Crippen LogP contribution in [0, 0.1) is 5.82 Å². The van der Waals surface area contributed by atoms with Crippen LogP contribution in [-0.4, -0.2) is 34.9 Å². The molecule has 92 valence electrons. The summed E-state index contributed by atoms with van der Waals surface area (Å²) in [7, 11) is 0. The van der Waals surface area contributed by atoms with Crippen LogP contribution in [0.3, 0.4) is 0 Å². The van der Waals surface area contributed by atoms with E-state index < -0.39 is 0 Å². The third-order valence-corrected chi connectivity index (χ3v) is 3.90. The van der Waals surface area contributed by atoms with Crippen molar-refractivity contribution in [3.05, 3.63) is 35.3 Å². The number of carbonyl (C=O) groups is 1. The largest absolute Gasteiger partial charge is 0.359 e. The zero-order chi connectivity index (χ0) is 12.3. The number of aromatic amines is 1. The molecule has 0 saturated carbocycles. The Morgan fingerprint density at radius 3 is 2.89 bits per heavy atom. The maximum absolute atomic E-state index is 13.8. The molecule has 1 aromatic heterocycles. The minimum Gasteiger partial charge on any atom is -0.359 e. The van der Waals surface area contributed by atoms with Gasteiger partial charge >= 0.3 is 0 Å². The van der Waals surface area contributed by atoms with Gasteiger partial charge in [-0.15, -0.1) is 0 Å². The van der Waals surface area contributed by atoms with E-state index in [4.69, 9.17) is 0 Å². The lowest BCUT2D eigenvalue weighted by atomic mass is 10.1. The Labute approximate surface area is 103 Å². The number of halogens is 1. The van der Waals surface area contributed by atoms with E-state index in [0.717, 1.165) is 18.7 Å². The molecule has 5 heteroatoms. The molecule has 0 radical (unpaired) electrons. The fourth-order valence-corrected chi connectivity index (χ4v) is 2.79. The van der Waals surface area contributed by atoms with Crippen molar-refractivity contribution in [3.63, 3.8) is 0 Å². The standard InChI is InChI=1S/C13H12FN3O/c14-9-5-16-10-2-1-7-6-17(8-3-15-4-8)13(18)11(7)12(9)10/h1-2,5,8,15-16H,3-4,6H2. The van der Waals surface area contributed by atoms with Gasteiger partial charge in [0.15, 0.2) is 0 Å². The second-order valence-electron chi connectivity index (χ2n) is 4.90. The molecule has 0 atom stereocenters. The van der Waals surface area contributed by atoms with Crippen molar-refractivity contribution in [2.75, 3.05) is 13.1 Å². The predicted molar refractivity (Wildman–Crippen MR) is 64.8 cm³/mol. The molecular weight excluding hydrogens is 233 g/mol. The molecule has 0 aliphatic carbocycles. The number of aromatic nitrogens is 1. The van der Waals surface area contributed by atoms with Crippen LogP contribution >= 0.6 is 0 Å². The highest BCUT2D eigenvalue weighted by molar-refractivity contribution is 6.10. The van der Waals surface area contributed by atoms with Crippen LogP contribution in [0.5, 0.6) is 0 Å². The van der Waals surface area contributed by atoms with E-state index in [9.17, 15) is 9.18 Å². The number of rotatable bonds is 1. The average molecular weight is 245 g/mol. The number of H-pyrrole nitrogens is 1. The Hall–Kier alpha value is -1.88. The van der Waals surface area contributed by atoms with Gasteiger partial charge in [0.1, 0.15) is 5.82 Å². The summed E-state index contributed by atoms with van der Waals surface area (Å²) in [6.07, 6.45) is 1.31. The Morgan fingerprint density at radius 2 is 2.17 bits per heavy atom. The molecular formula is C13H12FN3O. The van der Waals surface area contributed by atoms with Gasteiger partial charge in [-0.2, -0.15) is 0 Å². The summed E-state index contributed by atoms with van der Waals surface area (Å²) in [5.74, 6) is -0.385. The minimum absolute atomic E-state index is 0.0411. The van der Waals surface area contributed by atoms with Crippen molar-refractivity contribution in [1.29, 1.82) is 0 Å². The minimum atomic E-state index is -0.344. The number of nitrogens with zero attached hydrogens (tertiary/aromatic N) is 1. The van der Waals surface area contributed by atoms with Crippen LogP contribution in [0.25, 0.3) is 10.9 Å². The van der Waals surface area contributed by atoms with Crippen molar-refractivity contribution in [3.8, 4) is 0 Å². The molecule has 4 nitrogen and oxygen atoms in total. The smallest absolute Gasteiger partial charge is 0.255 e. The highest BCUT2D eigenvalue weighted by atomic mass is 19.1. The monoisotopic (exact) mass is 245 g/mol. The molecule has 2 aliphatic rings. The number of amides is 1. The van der Waals surface area contributed by atoms with Gasteiger partial charge in [-0.1, -0.05) is 6.07 Å². The fraction of sp³-hybridized carbons (Fsp3) is 0.308. The summed E-state index contributed by atoms with van der Waals surface area (Å²) in [6.45, 7) is 2.26. The first-order chi connectivity index (χ1) is 8.75. The van der Waals surface area contributed by atoms with Crippen LogP contribution in [0.15, 0.2) is 18.3 Å². The van der Waals surface area contributed by atoms with E-state index >= 15 is 0 Å². The maximum atomic E-state index is 13.8. The van der Waals surface area contributed by atoms with Crippen LogP contribution in [0.4, 0.5) is 4.39 Å². The highest BCUT2D eigenvalue weighted by Crippen LogP contribution is 2.33. The average Bonchev–Trinajstić information content (AvgIpc) is 2.80. The van der Waals surface area contributed by atoms with Gasteiger partial charge in [0.2, 0.25) is 0 Å². The molecule has 0 spiro atoms. The van der Waals surface area contributed by atoms with E-state index in [2.05, 4.69) is 10.3 Å². The second-order valence-corrected chi connectivity index (χ2v) is 4.90. The highest BCUT2D eigenvalue weighted by Gasteiger charge is 2.37. The zero-order valence-corrected chi connectivity index (χ0v) is 9.66. The summed E-state index contributed by atoms with van der Waals surface area (Å²) < 4.78 is 13.8. The van der Waals surface area contributed by atoms with Crippen LogP contribution < -0.4 is 5.32 Å². The molecule has 2 N–H and O–H groups in total. The first-order valence-electron chi connectivity index (χ1n) is 6.06. The number of benzene rings is 1. The zero-order valence-electron chi connectivity index (χ0n) is 9.66. The van der Waals surface area contributed by atoms with Gasteiger partial charge in [-0.05, 0) is 11.6 Å². The lowest BCUT2D eigenvalue weighted by molar-refractivity contribution is 0.0643. The Morgan fingerprint density at radius 1 is 1.33 bits per heavy atom. The molecule has 18 heavy (non-hydrogen) atoms. The number of nitrogens with one attached hydrogen (secondary N) is 2. The van der Waals surface area contributed by atoms with E-state index in [1.54, 1.807) is 0 Å². The lowest BCUT2D eigenvalue weighted by Crippen LogP contribution is -2.57. The Balaban J connectivity index is 1.89. The molecule has 0 unspecified atom stereocenters. The van der Waals surface area contributed by atoms with E-state index in [1.807, 2.05) is 17.0 Å². The van der Waals surface area contributed by atoms with Crippen molar-refractivity contribution >= 4 is 16.8 Å². The summed E-state index contributed by atoms with van der Waals surface area (Å²) in [5, 5.41) is 3.59. The van der Waals surface area contributed by atoms with Crippen molar-refractivity contribution in [2.45, 2.75) is 12.6 Å². The molecule has 3 heterocycles. The van der Waals surface area contributed by atoms with Gasteiger partial charge in [0.25, 0.3) is 5.91 Å². The number of fused-ring (bicyclic) bond motifs is 3. The Kier molecular flexibility index (Phi) is 1.86. The molecule has 1 aromatic carbocycles. The van der Waals surface area contributed by atoms with Crippen molar-refractivity contribution in [2.24, 2.45) is 0 Å². The van der Waals surface area contributed by atoms with Crippen molar-refractivity contribution in [1.82, 2.24) is 15.2 Å². The lowest BCUT2D eigenvalue weighted by Gasteiger charge is -2.35. The van der Waals surface area contributed by atoms with Crippen molar-refractivity contribution < 1.29 is 9.18 Å². The van der Waals surface area contributed by atoms with Gasteiger partial charge < -0.3 is 15.2 Å². The second kappa shape index (κ2) is 3.32. The summed E-state index contributed by atoms with van der Waals surface area (Å²) >= 11 is 0. The topological polar surface area (TPSA) is 48.1 Å². The van der Waals surface area contributed by atoms with Gasteiger partial charge in [0.05, 0.1) is 11.6 Å². The van der Waals surface area contributed by atoms with Crippen LogP contribution in [0.1, 0.15) is 15.9 Å². The third-order valence-electron chi connectivity index (χ3n) is 3.90. The van der Waals surface area contributed by atoms with Gasteiger partial charge in [-0.3, -0.25) is 4.79 Å². The number of carbonyl (C=O) groups excluding carboxylic acids is 1. The molecule has 4 rings (SSSR count). The Bertz CT molecular complexity index is 660. The van der Waals surface area contributed by atoms with Gasteiger partial charge in [0, 0.05) is 36.7 Å². The number of hydrogen-bond donors (Lipinski definition) is 2. The predicted octanol–water partition coefficient (Wildman–Crippen LogP) is 1.23. The van der Waals surface area contributed by atoms with Crippen LogP contribution in [-0.2, 0) is 6.54 Å². The quantitative estimate of drug-likeness (QED) is 0.794. The van der Waals surface area contributed by atoms with Gasteiger partial charge in [-0.25, -0.2) is 4.39 Å². The van der Waals surface area contributed by atoms with E-state index in [-0.39, 0.29) is 17.8 Å². The molecule has 2 aromatic rings. The molecule has 1 amide bonds. The third kappa shape index (κ3) is 1.14. The normalized spacial score (nSPS) is 19.4. The SMILES string of the molecule is O=C1c2c(ccc3[nH]cc(F)c23)CN1C1CNC1. The van der Waals surface area contributed by atoms with E-state index in [0.29, 0.717) is 23.0 Å². The molecule has 1 fully saturated rings. The first-order valence-corrected chi connectivity index (χ1v) is 6.06. The summed E-state index contributed by atoms with van der Waals surface area (Å²) in [6, 6.07) is 4.01. The van der Waals surface area contributed by atoms with Crippen LogP contribution in [0.2, 0.25) is 0 Å². The molecule has 1 saturated heterocycles. The maximum Gasteiger partial charge on any atom is 0.255 e. The number of hydrogen-bond acceptors (Lipinski definition) is 2. The fourth-order valence-electron chi connectivity index (χ4n) is 2.79. The van der Waals surface area contributed by atoms with E-state index in [1.165, 1.54) is 6.20 Å².